The summed E-state index contributed by atoms with van der Waals surface area (Å²) in [6.07, 6.45) is 4.95. The van der Waals surface area contributed by atoms with Gasteiger partial charge in [0.05, 0.1) is 11.9 Å². The van der Waals surface area contributed by atoms with Crippen LogP contribution in [0.2, 0.25) is 0 Å². The first-order valence-electron chi connectivity index (χ1n) is 7.78. The molecule has 1 aromatic rings. The molecule has 1 fully saturated rings. The zero-order chi connectivity index (χ0) is 17.0. The summed E-state index contributed by atoms with van der Waals surface area (Å²) in [6, 6.07) is 6.89. The molecule has 1 aliphatic rings. The lowest BCUT2D eigenvalue weighted by Gasteiger charge is -2.19. The average Bonchev–Trinajstić information content (AvgIpc) is 2.99. The molecule has 1 atom stereocenters. The van der Waals surface area contributed by atoms with Crippen molar-refractivity contribution in [2.45, 2.75) is 44.8 Å². The van der Waals surface area contributed by atoms with Gasteiger partial charge >= 0.3 is 0 Å². The largest absolute Gasteiger partial charge is 0.481 e. The number of rotatable bonds is 6. The molecule has 0 aromatic heterocycles. The van der Waals surface area contributed by atoms with Crippen LogP contribution in [0.4, 0.5) is 5.69 Å². The Morgan fingerprint density at radius 3 is 2.35 bits per heavy atom. The van der Waals surface area contributed by atoms with E-state index < -0.39 is 16.1 Å². The molecule has 0 bridgehead atoms. The molecule has 23 heavy (non-hydrogen) atoms. The Hall–Kier alpha value is -1.76. The standard InChI is InChI=1S/C16H24N2O4S/c1-12(16(19)17-13-6-4-5-7-13)22-15-10-8-14(9-11-15)18(2)23(3,20)21/h8-13H,4-7H2,1-3H3,(H,17,19). The third-order valence-corrected chi connectivity index (χ3v) is 5.29. The smallest absolute Gasteiger partial charge is 0.260 e. The van der Waals surface area contributed by atoms with Gasteiger partial charge in [-0.05, 0) is 44.0 Å². The fourth-order valence-electron chi connectivity index (χ4n) is 2.57. The van der Waals surface area contributed by atoms with Crippen molar-refractivity contribution in [2.24, 2.45) is 0 Å². The quantitative estimate of drug-likeness (QED) is 0.858. The highest BCUT2D eigenvalue weighted by molar-refractivity contribution is 7.92. The van der Waals surface area contributed by atoms with Crippen molar-refractivity contribution in [3.63, 3.8) is 0 Å². The van der Waals surface area contributed by atoms with Crippen LogP contribution in [0.25, 0.3) is 0 Å². The predicted molar refractivity (Wildman–Crippen MR) is 90.2 cm³/mol. The van der Waals surface area contributed by atoms with Gasteiger partial charge in [-0.3, -0.25) is 9.10 Å². The maximum absolute atomic E-state index is 12.1. The summed E-state index contributed by atoms with van der Waals surface area (Å²) in [5, 5.41) is 3.00. The Morgan fingerprint density at radius 2 is 1.83 bits per heavy atom. The number of hydrogen-bond donors (Lipinski definition) is 1. The maximum Gasteiger partial charge on any atom is 0.260 e. The molecule has 0 saturated heterocycles. The first-order chi connectivity index (χ1) is 10.8. The van der Waals surface area contributed by atoms with E-state index >= 15 is 0 Å². The minimum atomic E-state index is -3.29. The van der Waals surface area contributed by atoms with Crippen LogP contribution in [-0.4, -0.2) is 39.8 Å². The second kappa shape index (κ2) is 7.21. The Bertz CT molecular complexity index is 637. The number of amides is 1. The first kappa shape index (κ1) is 17.6. The molecule has 7 heteroatoms. The van der Waals surface area contributed by atoms with E-state index in [0.29, 0.717) is 11.4 Å². The lowest BCUT2D eigenvalue weighted by Crippen LogP contribution is -2.41. The maximum atomic E-state index is 12.1. The van der Waals surface area contributed by atoms with Crippen molar-refractivity contribution >= 4 is 21.6 Å². The molecule has 1 aromatic carbocycles. The summed E-state index contributed by atoms with van der Waals surface area (Å²) in [4.78, 5) is 12.1. The highest BCUT2D eigenvalue weighted by atomic mass is 32.2. The number of carbonyl (C=O) groups is 1. The molecule has 1 unspecified atom stereocenters. The number of carbonyl (C=O) groups excluding carboxylic acids is 1. The molecular weight excluding hydrogens is 316 g/mol. The van der Waals surface area contributed by atoms with Gasteiger partial charge in [0, 0.05) is 13.1 Å². The van der Waals surface area contributed by atoms with Gasteiger partial charge in [0.2, 0.25) is 10.0 Å². The number of ether oxygens (including phenoxy) is 1. The number of benzene rings is 1. The van der Waals surface area contributed by atoms with Crippen molar-refractivity contribution in [1.82, 2.24) is 5.32 Å². The van der Waals surface area contributed by atoms with Gasteiger partial charge in [-0.15, -0.1) is 0 Å². The molecule has 2 rings (SSSR count). The highest BCUT2D eigenvalue weighted by Crippen LogP contribution is 2.21. The van der Waals surface area contributed by atoms with Gasteiger partial charge in [-0.2, -0.15) is 0 Å². The van der Waals surface area contributed by atoms with Crippen molar-refractivity contribution in [3.05, 3.63) is 24.3 Å². The fraction of sp³-hybridized carbons (Fsp3) is 0.562. The molecule has 1 amide bonds. The normalized spacial score (nSPS) is 16.8. The molecule has 0 aliphatic heterocycles. The Kier molecular flexibility index (Phi) is 5.51. The van der Waals surface area contributed by atoms with Crippen LogP contribution >= 0.6 is 0 Å². The van der Waals surface area contributed by atoms with Gasteiger partial charge in [-0.1, -0.05) is 12.8 Å². The Morgan fingerprint density at radius 1 is 1.26 bits per heavy atom. The van der Waals surface area contributed by atoms with Crippen LogP contribution < -0.4 is 14.4 Å². The Labute approximate surface area is 137 Å². The van der Waals surface area contributed by atoms with Crippen LogP contribution in [0.5, 0.6) is 5.75 Å². The number of nitrogens with one attached hydrogen (secondary N) is 1. The molecule has 6 nitrogen and oxygen atoms in total. The van der Waals surface area contributed by atoms with Crippen LogP contribution in [-0.2, 0) is 14.8 Å². The third kappa shape index (κ3) is 4.86. The minimum Gasteiger partial charge on any atom is -0.481 e. The average molecular weight is 340 g/mol. The first-order valence-corrected chi connectivity index (χ1v) is 9.63. The lowest BCUT2D eigenvalue weighted by molar-refractivity contribution is -0.127. The van der Waals surface area contributed by atoms with E-state index in [-0.39, 0.29) is 11.9 Å². The zero-order valence-corrected chi connectivity index (χ0v) is 14.6. The highest BCUT2D eigenvalue weighted by Gasteiger charge is 2.21. The van der Waals surface area contributed by atoms with Gasteiger partial charge in [0.15, 0.2) is 6.10 Å². The molecule has 1 aliphatic carbocycles. The van der Waals surface area contributed by atoms with Gasteiger partial charge in [0.1, 0.15) is 5.75 Å². The minimum absolute atomic E-state index is 0.116. The van der Waals surface area contributed by atoms with E-state index in [0.717, 1.165) is 31.9 Å². The van der Waals surface area contributed by atoms with Gasteiger partial charge in [0.25, 0.3) is 5.91 Å². The summed E-state index contributed by atoms with van der Waals surface area (Å²) in [7, 11) is -1.80. The van der Waals surface area contributed by atoms with Crippen LogP contribution in [0.1, 0.15) is 32.6 Å². The zero-order valence-electron chi connectivity index (χ0n) is 13.8. The third-order valence-electron chi connectivity index (χ3n) is 4.08. The van der Waals surface area contributed by atoms with Gasteiger partial charge < -0.3 is 10.1 Å². The topological polar surface area (TPSA) is 75.7 Å². The molecule has 1 N–H and O–H groups in total. The van der Waals surface area contributed by atoms with E-state index in [1.165, 1.54) is 11.4 Å². The van der Waals surface area contributed by atoms with Crippen molar-refractivity contribution < 1.29 is 17.9 Å². The second-order valence-corrected chi connectivity index (χ2v) is 7.99. The number of sulfonamides is 1. The van der Waals surface area contributed by atoms with E-state index in [2.05, 4.69) is 5.32 Å². The van der Waals surface area contributed by atoms with Gasteiger partial charge in [-0.25, -0.2) is 8.42 Å². The van der Waals surface area contributed by atoms with Crippen LogP contribution in [0.3, 0.4) is 0 Å². The van der Waals surface area contributed by atoms with E-state index in [4.69, 9.17) is 4.74 Å². The predicted octanol–water partition coefficient (Wildman–Crippen LogP) is 1.91. The van der Waals surface area contributed by atoms with Crippen LogP contribution in [0, 0.1) is 0 Å². The molecule has 128 valence electrons. The van der Waals surface area contributed by atoms with Crippen molar-refractivity contribution in [3.8, 4) is 5.75 Å². The fourth-order valence-corrected chi connectivity index (χ4v) is 3.08. The summed E-state index contributed by atoms with van der Waals surface area (Å²) in [6.45, 7) is 1.71. The summed E-state index contributed by atoms with van der Waals surface area (Å²) in [5.41, 5.74) is 0.544. The molecular formula is C16H24N2O4S. The molecule has 0 spiro atoms. The van der Waals surface area contributed by atoms with Crippen molar-refractivity contribution in [1.29, 1.82) is 0 Å². The number of nitrogens with zero attached hydrogens (tertiary/aromatic N) is 1. The Balaban J connectivity index is 1.93. The molecule has 0 radical (unpaired) electrons. The number of anilines is 1. The van der Waals surface area contributed by atoms with E-state index in [1.807, 2.05) is 0 Å². The van der Waals surface area contributed by atoms with Crippen molar-refractivity contribution in [2.75, 3.05) is 17.6 Å². The summed E-state index contributed by atoms with van der Waals surface area (Å²) >= 11 is 0. The SMILES string of the molecule is CC(Oc1ccc(N(C)S(C)(=O)=O)cc1)C(=O)NC1CCCC1. The summed E-state index contributed by atoms with van der Waals surface area (Å²) < 4.78 is 29.8. The van der Waals surface area contributed by atoms with Crippen LogP contribution in [0.15, 0.2) is 24.3 Å². The second-order valence-electron chi connectivity index (χ2n) is 5.97. The molecule has 1 saturated carbocycles. The van der Waals surface area contributed by atoms with E-state index in [9.17, 15) is 13.2 Å². The number of hydrogen-bond acceptors (Lipinski definition) is 4. The molecule has 0 heterocycles. The lowest BCUT2D eigenvalue weighted by atomic mass is 10.2. The van der Waals surface area contributed by atoms with E-state index in [1.54, 1.807) is 31.2 Å². The summed E-state index contributed by atoms with van der Waals surface area (Å²) in [5.74, 6) is 0.416. The monoisotopic (exact) mass is 340 g/mol.